The molecule has 1 saturated heterocycles. The summed E-state index contributed by atoms with van der Waals surface area (Å²) < 4.78 is 13.6. The Kier molecular flexibility index (Phi) is 4.78. The number of aliphatic imine (C=N–C) groups is 1. The number of amidine groups is 1. The number of aromatic nitrogens is 2. The summed E-state index contributed by atoms with van der Waals surface area (Å²) in [6, 6.07) is -0.387. The number of nitrogens with two attached hydrogens (primary N) is 1. The SMILES string of the molecule is NC(=O)C(NC1=COCC2=C3C1=CN=C(c1cnn(C4CCCCO4)c1)N3CC2)C1CC1. The number of nitrogens with zero attached hydrogens (tertiary/aromatic N) is 4. The molecule has 1 aromatic heterocycles. The van der Waals surface area contributed by atoms with Crippen molar-refractivity contribution >= 4 is 11.7 Å². The maximum Gasteiger partial charge on any atom is 0.240 e. The molecule has 32 heavy (non-hydrogen) atoms. The smallest absolute Gasteiger partial charge is 0.240 e. The van der Waals surface area contributed by atoms with E-state index < -0.39 is 0 Å². The lowest BCUT2D eigenvalue weighted by atomic mass is 10.0. The lowest BCUT2D eigenvalue weighted by Gasteiger charge is -2.30. The highest BCUT2D eigenvalue weighted by atomic mass is 16.5. The maximum absolute atomic E-state index is 12.0. The number of primary amides is 1. The van der Waals surface area contributed by atoms with Gasteiger partial charge in [0.05, 0.1) is 23.2 Å². The van der Waals surface area contributed by atoms with Crippen molar-refractivity contribution in [1.82, 2.24) is 20.0 Å². The van der Waals surface area contributed by atoms with E-state index in [0.717, 1.165) is 80.0 Å². The van der Waals surface area contributed by atoms with Crippen LogP contribution in [0.1, 0.15) is 50.3 Å². The van der Waals surface area contributed by atoms with Crippen molar-refractivity contribution in [3.8, 4) is 0 Å². The molecular weight excluding hydrogens is 408 g/mol. The molecule has 0 radical (unpaired) electrons. The van der Waals surface area contributed by atoms with Gasteiger partial charge >= 0.3 is 0 Å². The van der Waals surface area contributed by atoms with Gasteiger partial charge in [-0.15, -0.1) is 0 Å². The average Bonchev–Trinajstić information content (AvgIpc) is 3.42. The van der Waals surface area contributed by atoms with Crippen LogP contribution in [0.25, 0.3) is 0 Å². The van der Waals surface area contributed by atoms with Gasteiger partial charge in [-0.1, -0.05) is 0 Å². The Balaban J connectivity index is 1.31. The number of hydrogen-bond donors (Lipinski definition) is 2. The quantitative estimate of drug-likeness (QED) is 0.706. The number of amides is 1. The van der Waals surface area contributed by atoms with E-state index in [1.165, 1.54) is 5.57 Å². The van der Waals surface area contributed by atoms with Crippen molar-refractivity contribution in [2.45, 2.75) is 50.8 Å². The number of nitrogens with one attached hydrogen (secondary N) is 1. The third kappa shape index (κ3) is 3.40. The van der Waals surface area contributed by atoms with Gasteiger partial charge in [-0.3, -0.25) is 4.79 Å². The summed E-state index contributed by atoms with van der Waals surface area (Å²) in [4.78, 5) is 19.1. The standard InChI is InChI=1S/C23H28N6O3/c24-22(30)20(14-4-5-14)27-18-13-31-12-15-6-7-28-21(15)17(18)10-25-23(28)16-9-26-29(11-16)19-3-1-2-8-32-19/h9-11,13-14,19-20,27H,1-8,12H2,(H2,24,30). The van der Waals surface area contributed by atoms with Crippen LogP contribution in [0.5, 0.6) is 0 Å². The zero-order valence-electron chi connectivity index (χ0n) is 18.0. The largest absolute Gasteiger partial charge is 0.495 e. The molecule has 1 saturated carbocycles. The Bertz CT molecular complexity index is 1060. The fourth-order valence-electron chi connectivity index (χ4n) is 5.00. The first-order valence-corrected chi connectivity index (χ1v) is 11.5. The highest BCUT2D eigenvalue weighted by Gasteiger charge is 2.39. The molecule has 6 rings (SSSR count). The minimum atomic E-state index is -0.387. The first-order chi connectivity index (χ1) is 15.7. The van der Waals surface area contributed by atoms with E-state index in [0.29, 0.717) is 12.5 Å². The van der Waals surface area contributed by atoms with E-state index in [1.54, 1.807) is 6.26 Å². The van der Waals surface area contributed by atoms with Crippen LogP contribution in [0, 0.1) is 5.92 Å². The molecule has 2 unspecified atom stereocenters. The zero-order chi connectivity index (χ0) is 21.7. The molecule has 0 spiro atoms. The van der Waals surface area contributed by atoms with Crippen LogP contribution in [0.3, 0.4) is 0 Å². The van der Waals surface area contributed by atoms with Crippen molar-refractivity contribution in [3.63, 3.8) is 0 Å². The highest BCUT2D eigenvalue weighted by molar-refractivity contribution is 6.01. The Morgan fingerprint density at radius 2 is 2.19 bits per heavy atom. The van der Waals surface area contributed by atoms with Crippen molar-refractivity contribution in [2.24, 2.45) is 16.6 Å². The number of ether oxygens (including phenoxy) is 2. The molecule has 1 aromatic rings. The molecule has 0 bridgehead atoms. The topological polar surface area (TPSA) is 107 Å². The Hall–Kier alpha value is -3.07. The van der Waals surface area contributed by atoms with Crippen LogP contribution >= 0.6 is 0 Å². The summed E-state index contributed by atoms with van der Waals surface area (Å²) in [6.07, 6.45) is 13.7. The van der Waals surface area contributed by atoms with E-state index in [-0.39, 0.29) is 18.2 Å². The molecule has 3 N–H and O–H groups in total. The molecule has 1 aliphatic carbocycles. The van der Waals surface area contributed by atoms with Crippen LogP contribution in [0.4, 0.5) is 0 Å². The van der Waals surface area contributed by atoms with E-state index in [2.05, 4.69) is 15.3 Å². The van der Waals surface area contributed by atoms with E-state index in [4.69, 9.17) is 20.2 Å². The normalized spacial score (nSPS) is 25.8. The number of rotatable bonds is 6. The van der Waals surface area contributed by atoms with Crippen molar-refractivity contribution < 1.29 is 14.3 Å². The van der Waals surface area contributed by atoms with Crippen LogP contribution in [0.2, 0.25) is 0 Å². The summed E-state index contributed by atoms with van der Waals surface area (Å²) in [5, 5.41) is 7.92. The van der Waals surface area contributed by atoms with Gasteiger partial charge in [0.15, 0.2) is 0 Å². The summed E-state index contributed by atoms with van der Waals surface area (Å²) in [5.74, 6) is 0.852. The first-order valence-electron chi connectivity index (χ1n) is 11.5. The number of hydrogen-bond acceptors (Lipinski definition) is 7. The second-order valence-corrected chi connectivity index (χ2v) is 9.08. The van der Waals surface area contributed by atoms with Crippen LogP contribution in [0.15, 0.2) is 52.4 Å². The Morgan fingerprint density at radius 1 is 1.28 bits per heavy atom. The van der Waals surface area contributed by atoms with Gasteiger partial charge in [-0.2, -0.15) is 5.10 Å². The van der Waals surface area contributed by atoms with Crippen molar-refractivity contribution in [2.75, 3.05) is 19.8 Å². The van der Waals surface area contributed by atoms with Gasteiger partial charge in [0.1, 0.15) is 31.0 Å². The van der Waals surface area contributed by atoms with Crippen molar-refractivity contribution in [3.05, 3.63) is 53.0 Å². The predicted octanol–water partition coefficient (Wildman–Crippen LogP) is 1.91. The van der Waals surface area contributed by atoms with Gasteiger partial charge in [-0.05, 0) is 50.0 Å². The summed E-state index contributed by atoms with van der Waals surface area (Å²) >= 11 is 0. The minimum absolute atomic E-state index is 0.000628. The molecule has 0 aromatic carbocycles. The van der Waals surface area contributed by atoms with Gasteiger partial charge in [0.25, 0.3) is 0 Å². The Labute approximate surface area is 186 Å². The monoisotopic (exact) mass is 436 g/mol. The summed E-state index contributed by atoms with van der Waals surface area (Å²) in [6.45, 7) is 2.15. The lowest BCUT2D eigenvalue weighted by Crippen LogP contribution is -2.43. The Morgan fingerprint density at radius 3 is 2.97 bits per heavy atom. The molecule has 168 valence electrons. The molecule has 1 amide bonds. The maximum atomic E-state index is 12.0. The molecule has 4 aliphatic heterocycles. The van der Waals surface area contributed by atoms with Crippen LogP contribution < -0.4 is 11.1 Å². The van der Waals surface area contributed by atoms with E-state index in [9.17, 15) is 4.79 Å². The van der Waals surface area contributed by atoms with Crippen LogP contribution in [-0.4, -0.2) is 52.2 Å². The predicted molar refractivity (Wildman–Crippen MR) is 117 cm³/mol. The highest BCUT2D eigenvalue weighted by Crippen LogP contribution is 2.39. The lowest BCUT2D eigenvalue weighted by molar-refractivity contribution is -0.120. The molecule has 9 nitrogen and oxygen atoms in total. The molecule has 5 heterocycles. The second-order valence-electron chi connectivity index (χ2n) is 9.08. The van der Waals surface area contributed by atoms with E-state index >= 15 is 0 Å². The molecule has 2 atom stereocenters. The molecule has 9 heteroatoms. The average molecular weight is 437 g/mol. The fourth-order valence-corrected chi connectivity index (χ4v) is 5.00. The first kappa shape index (κ1) is 19.6. The van der Waals surface area contributed by atoms with Crippen molar-refractivity contribution in [1.29, 1.82) is 0 Å². The zero-order valence-corrected chi connectivity index (χ0v) is 18.0. The van der Waals surface area contributed by atoms with Crippen LogP contribution in [-0.2, 0) is 14.3 Å². The minimum Gasteiger partial charge on any atom is -0.495 e. The number of carbonyl (C=O) groups is 1. The third-order valence-corrected chi connectivity index (χ3v) is 6.84. The number of carbonyl (C=O) groups excluding carboxylic acids is 1. The molecule has 2 fully saturated rings. The summed E-state index contributed by atoms with van der Waals surface area (Å²) in [5.41, 5.74) is 10.7. The molecule has 5 aliphatic rings. The van der Waals surface area contributed by atoms with Gasteiger partial charge in [0, 0.05) is 31.1 Å². The van der Waals surface area contributed by atoms with Gasteiger partial charge < -0.3 is 25.4 Å². The summed E-state index contributed by atoms with van der Waals surface area (Å²) in [7, 11) is 0. The second kappa shape index (κ2) is 7.81. The van der Waals surface area contributed by atoms with E-state index in [1.807, 2.05) is 23.3 Å². The fraction of sp³-hybridized carbons (Fsp3) is 0.522. The van der Waals surface area contributed by atoms with Gasteiger partial charge in [-0.25, -0.2) is 9.67 Å². The third-order valence-electron chi connectivity index (χ3n) is 6.84. The molecular formula is C23H28N6O3. The van der Waals surface area contributed by atoms with Gasteiger partial charge in [0.2, 0.25) is 5.91 Å².